The van der Waals surface area contributed by atoms with Gasteiger partial charge in [0.15, 0.2) is 0 Å². The Balaban J connectivity index is 2.16. The molecule has 2 atom stereocenters. The lowest BCUT2D eigenvalue weighted by Crippen LogP contribution is -2.42. The van der Waals surface area contributed by atoms with Crippen molar-refractivity contribution in [2.75, 3.05) is 0 Å². The lowest BCUT2D eigenvalue weighted by molar-refractivity contribution is 0.192. The number of carboxylic acid groups (broad SMARTS) is 1. The second kappa shape index (κ2) is 5.21. The van der Waals surface area contributed by atoms with E-state index in [1.807, 2.05) is 12.3 Å². The summed E-state index contributed by atoms with van der Waals surface area (Å²) in [5.74, 6) is -0.869. The van der Waals surface area contributed by atoms with Crippen LogP contribution in [0.3, 0.4) is 0 Å². The number of benzene rings is 1. The SMILES string of the molecule is CC1CC(c2cc(F)cc(F)c2)N=C1NNC(=O)O. The maximum Gasteiger partial charge on any atom is 0.423 e. The number of nitrogens with zero attached hydrogens (tertiary/aromatic N) is 1. The molecule has 1 amide bonds. The molecule has 1 aliphatic heterocycles. The number of amides is 1. The molecule has 1 aromatic rings. The molecule has 0 fully saturated rings. The minimum atomic E-state index is -1.23. The van der Waals surface area contributed by atoms with E-state index < -0.39 is 17.7 Å². The second-order valence-electron chi connectivity index (χ2n) is 4.42. The molecule has 3 N–H and O–H groups in total. The van der Waals surface area contributed by atoms with Crippen molar-refractivity contribution in [3.05, 3.63) is 35.4 Å². The van der Waals surface area contributed by atoms with Crippen molar-refractivity contribution in [3.63, 3.8) is 0 Å². The first-order chi connectivity index (χ1) is 8.95. The molecular formula is C12H13F2N3O2. The first-order valence-electron chi connectivity index (χ1n) is 5.74. The van der Waals surface area contributed by atoms with E-state index >= 15 is 0 Å². The van der Waals surface area contributed by atoms with Crippen LogP contribution in [0.25, 0.3) is 0 Å². The van der Waals surface area contributed by atoms with E-state index in [0.29, 0.717) is 17.8 Å². The van der Waals surface area contributed by atoms with Gasteiger partial charge in [-0.2, -0.15) is 0 Å². The number of nitrogens with one attached hydrogen (secondary N) is 2. The van der Waals surface area contributed by atoms with Gasteiger partial charge < -0.3 is 5.11 Å². The van der Waals surface area contributed by atoms with E-state index in [2.05, 4.69) is 10.4 Å². The first kappa shape index (κ1) is 13.3. The molecule has 0 saturated carbocycles. The van der Waals surface area contributed by atoms with E-state index in [1.54, 1.807) is 0 Å². The zero-order valence-corrected chi connectivity index (χ0v) is 10.2. The summed E-state index contributed by atoms with van der Waals surface area (Å²) in [6.07, 6.45) is -0.665. The fourth-order valence-corrected chi connectivity index (χ4v) is 2.05. The van der Waals surface area contributed by atoms with E-state index in [4.69, 9.17) is 5.11 Å². The van der Waals surface area contributed by atoms with E-state index in [-0.39, 0.29) is 12.0 Å². The third-order valence-electron chi connectivity index (χ3n) is 2.91. The van der Waals surface area contributed by atoms with Gasteiger partial charge in [0.2, 0.25) is 0 Å². The number of carbonyl (C=O) groups is 1. The van der Waals surface area contributed by atoms with Crippen LogP contribution in [0.1, 0.15) is 24.9 Å². The zero-order valence-electron chi connectivity index (χ0n) is 10.2. The summed E-state index contributed by atoms with van der Waals surface area (Å²) in [6.45, 7) is 1.85. The van der Waals surface area contributed by atoms with Crippen molar-refractivity contribution in [2.24, 2.45) is 10.9 Å². The zero-order chi connectivity index (χ0) is 14.0. The molecule has 2 rings (SSSR count). The Morgan fingerprint density at radius 3 is 2.58 bits per heavy atom. The van der Waals surface area contributed by atoms with Gasteiger partial charge in [-0.25, -0.2) is 19.0 Å². The van der Waals surface area contributed by atoms with Gasteiger partial charge in [0.05, 0.1) is 6.04 Å². The highest BCUT2D eigenvalue weighted by atomic mass is 19.1. The maximum absolute atomic E-state index is 13.1. The van der Waals surface area contributed by atoms with E-state index in [0.717, 1.165) is 6.07 Å². The van der Waals surface area contributed by atoms with Crippen LogP contribution in [0, 0.1) is 17.6 Å². The van der Waals surface area contributed by atoms with E-state index in [9.17, 15) is 13.6 Å². The van der Waals surface area contributed by atoms with Gasteiger partial charge in [-0.15, -0.1) is 0 Å². The summed E-state index contributed by atoms with van der Waals surface area (Å²) in [6, 6.07) is 2.89. The Morgan fingerprint density at radius 1 is 1.37 bits per heavy atom. The quantitative estimate of drug-likeness (QED) is 0.684. The van der Waals surface area contributed by atoms with Crippen LogP contribution in [0.2, 0.25) is 0 Å². The summed E-state index contributed by atoms with van der Waals surface area (Å²) in [5.41, 5.74) is 4.91. The van der Waals surface area contributed by atoms with Crippen LogP contribution in [-0.4, -0.2) is 17.0 Å². The molecule has 0 bridgehead atoms. The van der Waals surface area contributed by atoms with Crippen molar-refractivity contribution in [3.8, 4) is 0 Å². The van der Waals surface area contributed by atoms with Gasteiger partial charge in [-0.05, 0) is 24.1 Å². The Kier molecular flexibility index (Phi) is 3.64. The molecular weight excluding hydrogens is 256 g/mol. The largest absolute Gasteiger partial charge is 0.464 e. The minimum absolute atomic E-state index is 0.0248. The molecule has 19 heavy (non-hydrogen) atoms. The summed E-state index contributed by atoms with van der Waals surface area (Å²) in [7, 11) is 0. The Hall–Kier alpha value is -2.18. The third kappa shape index (κ3) is 3.18. The lowest BCUT2D eigenvalue weighted by atomic mass is 9.99. The minimum Gasteiger partial charge on any atom is -0.464 e. The molecule has 1 heterocycles. The fourth-order valence-electron chi connectivity index (χ4n) is 2.05. The molecule has 5 nitrogen and oxygen atoms in total. The van der Waals surface area contributed by atoms with Crippen LogP contribution in [0.4, 0.5) is 13.6 Å². The Morgan fingerprint density at radius 2 is 2.00 bits per heavy atom. The van der Waals surface area contributed by atoms with Gasteiger partial charge in [0, 0.05) is 12.0 Å². The Bertz CT molecular complexity index is 513. The molecule has 0 spiro atoms. The predicted octanol–water partition coefficient (Wildman–Crippen LogP) is 2.22. The maximum atomic E-state index is 13.1. The molecule has 0 aromatic heterocycles. The third-order valence-corrected chi connectivity index (χ3v) is 2.91. The highest BCUT2D eigenvalue weighted by Crippen LogP contribution is 2.32. The van der Waals surface area contributed by atoms with E-state index in [1.165, 1.54) is 12.1 Å². The second-order valence-corrected chi connectivity index (χ2v) is 4.42. The summed E-state index contributed by atoms with van der Waals surface area (Å²) in [5, 5.41) is 8.49. The predicted molar refractivity (Wildman–Crippen MR) is 64.6 cm³/mol. The molecule has 7 heteroatoms. The van der Waals surface area contributed by atoms with Crippen LogP contribution in [0.15, 0.2) is 23.2 Å². The van der Waals surface area contributed by atoms with Crippen molar-refractivity contribution < 1.29 is 18.7 Å². The molecule has 0 radical (unpaired) electrons. The van der Waals surface area contributed by atoms with Crippen molar-refractivity contribution in [1.29, 1.82) is 0 Å². The summed E-state index contributed by atoms with van der Waals surface area (Å²) in [4.78, 5) is 14.6. The van der Waals surface area contributed by atoms with Crippen LogP contribution >= 0.6 is 0 Å². The smallest absolute Gasteiger partial charge is 0.423 e. The van der Waals surface area contributed by atoms with Crippen molar-refractivity contribution >= 4 is 11.9 Å². The molecule has 0 aliphatic carbocycles. The average Bonchev–Trinajstić information content (AvgIpc) is 2.67. The molecule has 1 aromatic carbocycles. The number of amidine groups is 1. The Labute approximate surface area is 108 Å². The van der Waals surface area contributed by atoms with Gasteiger partial charge in [0.1, 0.15) is 17.5 Å². The molecule has 1 aliphatic rings. The number of halogens is 2. The van der Waals surface area contributed by atoms with Gasteiger partial charge in [-0.3, -0.25) is 10.4 Å². The van der Waals surface area contributed by atoms with Crippen molar-refractivity contribution in [1.82, 2.24) is 10.9 Å². The van der Waals surface area contributed by atoms with Crippen LogP contribution in [-0.2, 0) is 0 Å². The number of hydrogen-bond donors (Lipinski definition) is 3. The number of rotatable bonds is 1. The molecule has 0 saturated heterocycles. The van der Waals surface area contributed by atoms with Crippen LogP contribution in [0.5, 0.6) is 0 Å². The molecule has 102 valence electrons. The summed E-state index contributed by atoms with van der Waals surface area (Å²) < 4.78 is 26.3. The monoisotopic (exact) mass is 269 g/mol. The number of hydrazine groups is 1. The van der Waals surface area contributed by atoms with Gasteiger partial charge >= 0.3 is 6.09 Å². The number of hydrogen-bond acceptors (Lipinski definition) is 3. The van der Waals surface area contributed by atoms with Gasteiger partial charge in [-0.1, -0.05) is 6.92 Å². The topological polar surface area (TPSA) is 73.7 Å². The van der Waals surface area contributed by atoms with Crippen molar-refractivity contribution in [2.45, 2.75) is 19.4 Å². The first-order valence-corrected chi connectivity index (χ1v) is 5.74. The average molecular weight is 269 g/mol. The van der Waals surface area contributed by atoms with Gasteiger partial charge in [0.25, 0.3) is 0 Å². The fraction of sp³-hybridized carbons (Fsp3) is 0.333. The highest BCUT2D eigenvalue weighted by molar-refractivity contribution is 5.87. The summed E-state index contributed by atoms with van der Waals surface area (Å²) >= 11 is 0. The highest BCUT2D eigenvalue weighted by Gasteiger charge is 2.26. The van der Waals surface area contributed by atoms with Crippen LogP contribution < -0.4 is 10.9 Å². The standard InChI is InChI=1S/C12H13F2N3O2/c1-6-2-10(15-11(6)16-17-12(18)19)7-3-8(13)5-9(14)4-7/h3-6,10,17H,2H2,1H3,(H,15,16)(H,18,19). The lowest BCUT2D eigenvalue weighted by Gasteiger charge is -2.08. The normalized spacial score (nSPS) is 21.9. The number of aliphatic imine (C=N–C) groups is 1. The molecule has 2 unspecified atom stereocenters.